The van der Waals surface area contributed by atoms with Crippen molar-refractivity contribution in [2.24, 2.45) is 5.14 Å². The number of rotatable bonds is 2. The molecule has 0 fully saturated rings. The molecular formula is C15H11FN2O2S. The summed E-state index contributed by atoms with van der Waals surface area (Å²) in [7, 11) is -3.70. The van der Waals surface area contributed by atoms with Gasteiger partial charge in [-0.3, -0.25) is 0 Å². The van der Waals surface area contributed by atoms with Crippen molar-refractivity contribution >= 4 is 20.9 Å². The van der Waals surface area contributed by atoms with Gasteiger partial charge in [0.2, 0.25) is 10.0 Å². The zero-order chi connectivity index (χ0) is 15.0. The topological polar surface area (TPSA) is 73.1 Å². The summed E-state index contributed by atoms with van der Waals surface area (Å²) in [4.78, 5) is 4.48. The molecule has 0 amide bonds. The summed E-state index contributed by atoms with van der Waals surface area (Å²) in [6.45, 7) is 0. The van der Waals surface area contributed by atoms with Crippen molar-refractivity contribution < 1.29 is 12.8 Å². The summed E-state index contributed by atoms with van der Waals surface area (Å²) in [5, 5.41) is 5.76. The Balaban J connectivity index is 2.06. The number of fused-ring (bicyclic) bond motifs is 1. The van der Waals surface area contributed by atoms with Crippen LogP contribution in [0.5, 0.6) is 0 Å². The van der Waals surface area contributed by atoms with Crippen LogP contribution in [0.3, 0.4) is 0 Å². The molecule has 0 atom stereocenters. The first-order valence-corrected chi connectivity index (χ1v) is 7.68. The van der Waals surface area contributed by atoms with E-state index in [1.54, 1.807) is 30.3 Å². The fourth-order valence-electron chi connectivity index (χ4n) is 2.07. The lowest BCUT2D eigenvalue weighted by Gasteiger charge is -2.04. The van der Waals surface area contributed by atoms with E-state index < -0.39 is 10.0 Å². The summed E-state index contributed by atoms with van der Waals surface area (Å²) in [5.74, 6) is -0.311. The number of hydrogen-bond donors (Lipinski definition) is 1. The van der Waals surface area contributed by atoms with Crippen LogP contribution in [0.25, 0.3) is 22.2 Å². The summed E-state index contributed by atoms with van der Waals surface area (Å²) in [6.07, 6.45) is 0. The van der Waals surface area contributed by atoms with Gasteiger partial charge in [0.25, 0.3) is 0 Å². The highest BCUT2D eigenvalue weighted by molar-refractivity contribution is 7.89. The molecule has 0 bridgehead atoms. The number of hydrogen-bond acceptors (Lipinski definition) is 3. The Morgan fingerprint density at radius 3 is 2.33 bits per heavy atom. The second-order valence-corrected chi connectivity index (χ2v) is 6.16. The first kappa shape index (κ1) is 13.7. The molecule has 2 N–H and O–H groups in total. The molecule has 1 aromatic heterocycles. The van der Waals surface area contributed by atoms with Crippen LogP contribution < -0.4 is 5.14 Å². The smallest absolute Gasteiger partial charge is 0.238 e. The number of halogens is 1. The number of aromatic nitrogens is 1. The summed E-state index contributed by atoms with van der Waals surface area (Å²) in [6, 6.07) is 14.0. The molecular weight excluding hydrogens is 291 g/mol. The van der Waals surface area contributed by atoms with Gasteiger partial charge < -0.3 is 0 Å². The van der Waals surface area contributed by atoms with E-state index in [2.05, 4.69) is 4.98 Å². The number of pyridine rings is 1. The molecule has 1 heterocycles. The quantitative estimate of drug-likeness (QED) is 0.791. The van der Waals surface area contributed by atoms with Crippen LogP contribution in [-0.4, -0.2) is 13.4 Å². The van der Waals surface area contributed by atoms with Gasteiger partial charge in [-0.25, -0.2) is 22.9 Å². The Labute approximate surface area is 121 Å². The van der Waals surface area contributed by atoms with Crippen LogP contribution in [0.15, 0.2) is 59.5 Å². The average Bonchev–Trinajstić information content (AvgIpc) is 2.46. The van der Waals surface area contributed by atoms with Gasteiger partial charge in [-0.15, -0.1) is 0 Å². The van der Waals surface area contributed by atoms with Crippen LogP contribution >= 0.6 is 0 Å². The van der Waals surface area contributed by atoms with Gasteiger partial charge in [0.15, 0.2) is 0 Å². The van der Waals surface area contributed by atoms with E-state index in [1.807, 2.05) is 0 Å². The number of benzene rings is 2. The summed E-state index contributed by atoms with van der Waals surface area (Å²) in [5.41, 5.74) is 2.10. The SMILES string of the molecule is NS(=O)(=O)c1ccc(-c2ccc3cc(F)ccc3n2)cc1. The lowest BCUT2D eigenvalue weighted by Crippen LogP contribution is -2.11. The highest BCUT2D eigenvalue weighted by Crippen LogP contribution is 2.22. The van der Waals surface area contributed by atoms with Crippen LogP contribution in [-0.2, 0) is 10.0 Å². The van der Waals surface area contributed by atoms with Crippen molar-refractivity contribution in [3.63, 3.8) is 0 Å². The lowest BCUT2D eigenvalue weighted by atomic mass is 10.1. The van der Waals surface area contributed by atoms with Crippen molar-refractivity contribution in [1.82, 2.24) is 4.98 Å². The van der Waals surface area contributed by atoms with Gasteiger partial charge in [-0.1, -0.05) is 18.2 Å². The Bertz CT molecular complexity index is 922. The molecule has 0 saturated heterocycles. The number of sulfonamides is 1. The standard InChI is InChI=1S/C15H11FN2O2S/c16-12-4-8-15-11(9-12)3-7-14(18-15)10-1-5-13(6-2-10)21(17,19)20/h1-9H,(H2,17,19,20). The van der Waals surface area contributed by atoms with E-state index in [9.17, 15) is 12.8 Å². The van der Waals surface area contributed by atoms with Crippen LogP contribution in [0, 0.1) is 5.82 Å². The molecule has 3 aromatic rings. The summed E-state index contributed by atoms with van der Waals surface area (Å²) >= 11 is 0. The minimum Gasteiger partial charge on any atom is -0.248 e. The molecule has 2 aromatic carbocycles. The van der Waals surface area contributed by atoms with E-state index in [-0.39, 0.29) is 10.7 Å². The van der Waals surface area contributed by atoms with Gasteiger partial charge in [0.05, 0.1) is 16.1 Å². The maximum Gasteiger partial charge on any atom is 0.238 e. The maximum atomic E-state index is 13.1. The number of nitrogens with two attached hydrogens (primary N) is 1. The highest BCUT2D eigenvalue weighted by atomic mass is 32.2. The first-order valence-electron chi connectivity index (χ1n) is 6.13. The van der Waals surface area contributed by atoms with Crippen LogP contribution in [0.1, 0.15) is 0 Å². The Kier molecular flexibility index (Phi) is 3.19. The normalized spacial score (nSPS) is 11.7. The third-order valence-corrected chi connectivity index (χ3v) is 4.06. The molecule has 0 aliphatic rings. The zero-order valence-corrected chi connectivity index (χ0v) is 11.6. The average molecular weight is 302 g/mol. The molecule has 0 spiro atoms. The van der Waals surface area contributed by atoms with Gasteiger partial charge >= 0.3 is 0 Å². The van der Waals surface area contributed by atoms with Gasteiger partial charge in [0, 0.05) is 10.9 Å². The number of nitrogens with zero attached hydrogens (tertiary/aromatic N) is 1. The fourth-order valence-corrected chi connectivity index (χ4v) is 2.59. The second-order valence-electron chi connectivity index (χ2n) is 4.60. The third kappa shape index (κ3) is 2.76. The highest BCUT2D eigenvalue weighted by Gasteiger charge is 2.08. The van der Waals surface area contributed by atoms with Crippen molar-refractivity contribution in [3.8, 4) is 11.3 Å². The van der Waals surface area contributed by atoms with Gasteiger partial charge in [-0.05, 0) is 36.4 Å². The van der Waals surface area contributed by atoms with Crippen LogP contribution in [0.2, 0.25) is 0 Å². The summed E-state index contributed by atoms with van der Waals surface area (Å²) < 4.78 is 35.5. The number of primary sulfonamides is 1. The minimum absolute atomic E-state index is 0.0501. The molecule has 0 radical (unpaired) electrons. The Hall–Kier alpha value is -2.31. The molecule has 4 nitrogen and oxygen atoms in total. The van der Waals surface area contributed by atoms with Crippen molar-refractivity contribution in [2.45, 2.75) is 4.90 Å². The van der Waals surface area contributed by atoms with E-state index in [4.69, 9.17) is 5.14 Å². The van der Waals surface area contributed by atoms with E-state index in [0.29, 0.717) is 16.6 Å². The maximum absolute atomic E-state index is 13.1. The van der Waals surface area contributed by atoms with Gasteiger partial charge in [-0.2, -0.15) is 0 Å². The lowest BCUT2D eigenvalue weighted by molar-refractivity contribution is 0.598. The van der Waals surface area contributed by atoms with Crippen LogP contribution in [0.4, 0.5) is 4.39 Å². The van der Waals surface area contributed by atoms with E-state index >= 15 is 0 Å². The molecule has 106 valence electrons. The van der Waals surface area contributed by atoms with Crippen molar-refractivity contribution in [2.75, 3.05) is 0 Å². The third-order valence-electron chi connectivity index (χ3n) is 3.13. The zero-order valence-electron chi connectivity index (χ0n) is 10.8. The Morgan fingerprint density at radius 2 is 1.67 bits per heavy atom. The monoisotopic (exact) mass is 302 g/mol. The molecule has 0 aliphatic heterocycles. The second kappa shape index (κ2) is 4.91. The fraction of sp³-hybridized carbons (Fsp3) is 0. The molecule has 21 heavy (non-hydrogen) atoms. The molecule has 0 saturated carbocycles. The largest absolute Gasteiger partial charge is 0.248 e. The van der Waals surface area contributed by atoms with Gasteiger partial charge in [0.1, 0.15) is 5.82 Å². The first-order chi connectivity index (χ1) is 9.93. The van der Waals surface area contributed by atoms with Crippen molar-refractivity contribution in [3.05, 3.63) is 60.4 Å². The minimum atomic E-state index is -3.70. The molecule has 0 unspecified atom stereocenters. The molecule has 3 rings (SSSR count). The predicted molar refractivity (Wildman–Crippen MR) is 78.5 cm³/mol. The molecule has 0 aliphatic carbocycles. The van der Waals surface area contributed by atoms with E-state index in [0.717, 1.165) is 5.56 Å². The predicted octanol–water partition coefficient (Wildman–Crippen LogP) is 2.69. The molecule has 6 heteroatoms. The van der Waals surface area contributed by atoms with Crippen molar-refractivity contribution in [1.29, 1.82) is 0 Å². The van der Waals surface area contributed by atoms with E-state index in [1.165, 1.54) is 24.3 Å². The Morgan fingerprint density at radius 1 is 0.952 bits per heavy atom.